The van der Waals surface area contributed by atoms with Gasteiger partial charge < -0.3 is 18.9 Å². The molecule has 2 aromatic carbocycles. The molecule has 1 aliphatic heterocycles. The third-order valence-electron chi connectivity index (χ3n) is 5.81. The van der Waals surface area contributed by atoms with Crippen molar-refractivity contribution >= 4 is 23.4 Å². The second-order valence-electron chi connectivity index (χ2n) is 8.62. The fraction of sp³-hybridized carbons (Fsp3) is 0.321. The van der Waals surface area contributed by atoms with Gasteiger partial charge >= 0.3 is 5.97 Å². The lowest BCUT2D eigenvalue weighted by Gasteiger charge is -2.25. The quantitative estimate of drug-likeness (QED) is 0.420. The maximum atomic E-state index is 13.9. The van der Waals surface area contributed by atoms with E-state index in [1.165, 1.54) is 18.4 Å². The number of para-hydroxylation sites is 1. The van der Waals surface area contributed by atoms with Crippen molar-refractivity contribution in [3.8, 4) is 17.2 Å². The molecule has 1 aromatic heterocycles. The molecule has 1 atom stereocenters. The standard InChI is InChI=1S/C28H30N2O6S/c1-7-35-27(32)24-17(4)29-28-30(25(24)19-12-13-21(33-5)22(14-19)34-6)26(31)23(37-28)15-18-10-8-9-11-20(18)36-16(2)3/h8-16,25H,7H2,1-6H3/b23-15-/t25-/m0/s1. The van der Waals surface area contributed by atoms with Gasteiger partial charge in [0.15, 0.2) is 16.3 Å². The van der Waals surface area contributed by atoms with Crippen LogP contribution in [0, 0.1) is 0 Å². The number of benzene rings is 2. The number of hydrogen-bond donors (Lipinski definition) is 0. The predicted octanol–water partition coefficient (Wildman–Crippen LogP) is 3.60. The average molecular weight is 523 g/mol. The maximum absolute atomic E-state index is 13.9. The van der Waals surface area contributed by atoms with Gasteiger partial charge in [-0.2, -0.15) is 0 Å². The second-order valence-corrected chi connectivity index (χ2v) is 9.63. The Hall–Kier alpha value is -3.85. The molecule has 0 radical (unpaired) electrons. The van der Waals surface area contributed by atoms with Crippen LogP contribution in [0.25, 0.3) is 6.08 Å². The molecule has 0 unspecified atom stereocenters. The molecule has 0 amide bonds. The lowest BCUT2D eigenvalue weighted by Crippen LogP contribution is -2.40. The van der Waals surface area contributed by atoms with Gasteiger partial charge in [-0.05, 0) is 57.5 Å². The van der Waals surface area contributed by atoms with E-state index >= 15 is 0 Å². The number of carbonyl (C=O) groups excluding carboxylic acids is 1. The molecule has 9 heteroatoms. The van der Waals surface area contributed by atoms with E-state index in [-0.39, 0.29) is 18.3 Å². The molecule has 0 aliphatic carbocycles. The van der Waals surface area contributed by atoms with Crippen LogP contribution >= 0.6 is 11.3 Å². The van der Waals surface area contributed by atoms with E-state index in [1.54, 1.807) is 43.7 Å². The van der Waals surface area contributed by atoms with Crippen LogP contribution < -0.4 is 29.1 Å². The van der Waals surface area contributed by atoms with E-state index in [9.17, 15) is 9.59 Å². The Morgan fingerprint density at radius 3 is 2.51 bits per heavy atom. The summed E-state index contributed by atoms with van der Waals surface area (Å²) in [5.41, 5.74) is 1.99. The summed E-state index contributed by atoms with van der Waals surface area (Å²) in [6, 6.07) is 12.1. The zero-order chi connectivity index (χ0) is 26.7. The van der Waals surface area contributed by atoms with Crippen molar-refractivity contribution in [3.05, 3.63) is 84.5 Å². The molecule has 1 aliphatic rings. The topological polar surface area (TPSA) is 88.4 Å². The van der Waals surface area contributed by atoms with Gasteiger partial charge in [0.1, 0.15) is 5.75 Å². The number of nitrogens with zero attached hydrogens (tertiary/aromatic N) is 2. The Balaban J connectivity index is 1.96. The van der Waals surface area contributed by atoms with Crippen molar-refractivity contribution in [1.29, 1.82) is 0 Å². The zero-order valence-electron chi connectivity index (χ0n) is 21.7. The van der Waals surface area contributed by atoms with Crippen LogP contribution in [-0.2, 0) is 9.53 Å². The fourth-order valence-corrected chi connectivity index (χ4v) is 5.27. The summed E-state index contributed by atoms with van der Waals surface area (Å²) in [5.74, 6) is 1.19. The molecule has 0 spiro atoms. The summed E-state index contributed by atoms with van der Waals surface area (Å²) >= 11 is 1.26. The van der Waals surface area contributed by atoms with Crippen molar-refractivity contribution in [2.24, 2.45) is 4.99 Å². The molecule has 0 bridgehead atoms. The Morgan fingerprint density at radius 2 is 1.84 bits per heavy atom. The molecule has 0 saturated heterocycles. The molecule has 3 aromatic rings. The molecule has 0 N–H and O–H groups in total. The molecule has 37 heavy (non-hydrogen) atoms. The minimum atomic E-state index is -0.751. The van der Waals surface area contributed by atoms with E-state index in [4.69, 9.17) is 18.9 Å². The highest BCUT2D eigenvalue weighted by atomic mass is 32.1. The minimum absolute atomic E-state index is 0.0180. The number of methoxy groups -OCH3 is 2. The first-order valence-corrected chi connectivity index (χ1v) is 12.8. The molecule has 194 valence electrons. The summed E-state index contributed by atoms with van der Waals surface area (Å²) in [7, 11) is 3.09. The number of thiazole rings is 1. The Bertz CT molecular complexity index is 1530. The minimum Gasteiger partial charge on any atom is -0.493 e. The van der Waals surface area contributed by atoms with Gasteiger partial charge in [0, 0.05) is 5.56 Å². The van der Waals surface area contributed by atoms with Gasteiger partial charge in [-0.3, -0.25) is 9.36 Å². The highest BCUT2D eigenvalue weighted by Gasteiger charge is 2.34. The van der Waals surface area contributed by atoms with Crippen LogP contribution in [0.2, 0.25) is 0 Å². The number of allylic oxidation sites excluding steroid dienone is 1. The van der Waals surface area contributed by atoms with Crippen molar-refractivity contribution in [1.82, 2.24) is 4.57 Å². The number of fused-ring (bicyclic) bond motifs is 1. The molecule has 0 saturated carbocycles. The van der Waals surface area contributed by atoms with Crippen molar-refractivity contribution in [2.45, 2.75) is 39.8 Å². The average Bonchev–Trinajstić information content (AvgIpc) is 3.17. The van der Waals surface area contributed by atoms with Crippen LogP contribution in [0.5, 0.6) is 17.2 Å². The van der Waals surface area contributed by atoms with Crippen LogP contribution in [0.1, 0.15) is 44.9 Å². The molecule has 4 rings (SSSR count). The predicted molar refractivity (Wildman–Crippen MR) is 142 cm³/mol. The number of ether oxygens (including phenoxy) is 4. The SMILES string of the molecule is CCOC(=O)C1=C(C)N=c2s/c(=C\c3ccccc3OC(C)C)c(=O)n2[C@H]1c1ccc(OC)c(OC)c1. The number of hydrogen-bond acceptors (Lipinski definition) is 8. The number of rotatable bonds is 8. The smallest absolute Gasteiger partial charge is 0.338 e. The third-order valence-corrected chi connectivity index (χ3v) is 6.79. The first-order chi connectivity index (χ1) is 17.8. The van der Waals surface area contributed by atoms with Crippen molar-refractivity contribution in [2.75, 3.05) is 20.8 Å². The summed E-state index contributed by atoms with van der Waals surface area (Å²) in [5, 5.41) is 0. The van der Waals surface area contributed by atoms with Crippen LogP contribution in [0.15, 0.2) is 63.5 Å². The van der Waals surface area contributed by atoms with Crippen molar-refractivity contribution < 1.29 is 23.7 Å². The van der Waals surface area contributed by atoms with E-state index in [0.29, 0.717) is 43.4 Å². The van der Waals surface area contributed by atoms with E-state index in [0.717, 1.165) is 5.56 Å². The molecule has 0 fully saturated rings. The van der Waals surface area contributed by atoms with Crippen LogP contribution in [-0.4, -0.2) is 37.5 Å². The largest absolute Gasteiger partial charge is 0.493 e. The molecular formula is C28H30N2O6S. The van der Waals surface area contributed by atoms with E-state index < -0.39 is 12.0 Å². The van der Waals surface area contributed by atoms with Gasteiger partial charge in [-0.25, -0.2) is 9.79 Å². The molecule has 8 nitrogen and oxygen atoms in total. The van der Waals surface area contributed by atoms with Gasteiger partial charge in [-0.1, -0.05) is 35.6 Å². The van der Waals surface area contributed by atoms with Crippen LogP contribution in [0.4, 0.5) is 0 Å². The van der Waals surface area contributed by atoms with Gasteiger partial charge in [-0.15, -0.1) is 0 Å². The summed E-state index contributed by atoms with van der Waals surface area (Å²) < 4.78 is 24.2. The lowest BCUT2D eigenvalue weighted by molar-refractivity contribution is -0.139. The Morgan fingerprint density at radius 1 is 1.11 bits per heavy atom. The Labute approximate surface area is 219 Å². The molecular weight excluding hydrogens is 492 g/mol. The van der Waals surface area contributed by atoms with Crippen LogP contribution in [0.3, 0.4) is 0 Å². The summed E-state index contributed by atoms with van der Waals surface area (Å²) in [6.07, 6.45) is 1.78. The zero-order valence-corrected chi connectivity index (χ0v) is 22.5. The lowest BCUT2D eigenvalue weighted by atomic mass is 9.95. The monoisotopic (exact) mass is 522 g/mol. The first-order valence-electron chi connectivity index (χ1n) is 12.0. The second kappa shape index (κ2) is 11.0. The number of esters is 1. The van der Waals surface area contributed by atoms with E-state index in [1.807, 2.05) is 44.2 Å². The summed E-state index contributed by atoms with van der Waals surface area (Å²) in [6.45, 7) is 7.60. The number of carbonyl (C=O) groups is 1. The van der Waals surface area contributed by atoms with Crippen molar-refractivity contribution in [3.63, 3.8) is 0 Å². The normalized spacial score (nSPS) is 15.3. The van der Waals surface area contributed by atoms with E-state index in [2.05, 4.69) is 4.99 Å². The Kier molecular flexibility index (Phi) is 7.83. The highest BCUT2D eigenvalue weighted by Crippen LogP contribution is 2.36. The van der Waals surface area contributed by atoms with Gasteiger partial charge in [0.2, 0.25) is 0 Å². The van der Waals surface area contributed by atoms with Gasteiger partial charge in [0.25, 0.3) is 5.56 Å². The first kappa shape index (κ1) is 26.2. The highest BCUT2D eigenvalue weighted by molar-refractivity contribution is 7.07. The number of aromatic nitrogens is 1. The van der Waals surface area contributed by atoms with Gasteiger partial charge in [0.05, 0.1) is 48.8 Å². The summed E-state index contributed by atoms with van der Waals surface area (Å²) in [4.78, 5) is 32.1. The maximum Gasteiger partial charge on any atom is 0.338 e. The third kappa shape index (κ3) is 5.17. The fourth-order valence-electron chi connectivity index (χ4n) is 4.23. The molecule has 2 heterocycles.